The molecule has 6 nitrogen and oxygen atoms in total. The van der Waals surface area contributed by atoms with Gasteiger partial charge in [-0.2, -0.15) is 5.10 Å². The number of amides is 1. The Hall–Kier alpha value is -2.74. The van der Waals surface area contributed by atoms with E-state index in [1.165, 1.54) is 22.9 Å². The highest BCUT2D eigenvalue weighted by Crippen LogP contribution is 2.33. The van der Waals surface area contributed by atoms with Crippen molar-refractivity contribution in [3.63, 3.8) is 0 Å². The van der Waals surface area contributed by atoms with E-state index >= 15 is 0 Å². The van der Waals surface area contributed by atoms with Crippen molar-refractivity contribution in [2.75, 3.05) is 0 Å². The zero-order valence-corrected chi connectivity index (χ0v) is 18.4. The van der Waals surface area contributed by atoms with Crippen LogP contribution in [-0.4, -0.2) is 32.5 Å². The fraction of sp³-hybridized carbons (Fsp3) is 0.136. The number of thioether (sulfide) groups is 1. The number of halogens is 2. The van der Waals surface area contributed by atoms with Gasteiger partial charge in [-0.3, -0.25) is 9.69 Å². The summed E-state index contributed by atoms with van der Waals surface area (Å²) in [6.07, 6.45) is 3.40. The van der Waals surface area contributed by atoms with E-state index in [4.69, 9.17) is 27.6 Å². The summed E-state index contributed by atoms with van der Waals surface area (Å²) in [5, 5.41) is 19.3. The van der Waals surface area contributed by atoms with Gasteiger partial charge in [-0.05, 0) is 54.4 Å². The number of benzene rings is 2. The molecule has 0 spiro atoms. The van der Waals surface area contributed by atoms with Crippen molar-refractivity contribution < 1.29 is 14.3 Å². The minimum Gasteiger partial charge on any atom is -0.507 e. The monoisotopic (exact) mass is 473 g/mol. The highest BCUT2D eigenvalue weighted by atomic mass is 35.5. The van der Waals surface area contributed by atoms with Crippen LogP contribution in [-0.2, 0) is 17.8 Å². The molecule has 0 saturated carbocycles. The van der Waals surface area contributed by atoms with Crippen LogP contribution in [0.25, 0.3) is 0 Å². The minimum atomic E-state index is -0.426. The third kappa shape index (κ3) is 5.12. The molecule has 2 aromatic carbocycles. The first-order valence-electron chi connectivity index (χ1n) is 9.34. The molecule has 4 rings (SSSR count). The average molecular weight is 474 g/mol. The minimum absolute atomic E-state index is 0.0996. The second kappa shape index (κ2) is 9.60. The molecule has 1 aliphatic heterocycles. The molecular formula is C22H17Cl2N3O3S. The molecule has 1 fully saturated rings. The van der Waals surface area contributed by atoms with Gasteiger partial charge in [0.15, 0.2) is 5.17 Å². The van der Waals surface area contributed by atoms with Crippen molar-refractivity contribution in [2.24, 2.45) is 10.2 Å². The van der Waals surface area contributed by atoms with Gasteiger partial charge in [0.2, 0.25) is 5.91 Å². The number of carbonyl (C=O) groups excluding carboxylic acids is 1. The van der Waals surface area contributed by atoms with Gasteiger partial charge in [-0.25, -0.2) is 0 Å². The molecule has 3 aromatic rings. The Morgan fingerprint density at radius 1 is 1.16 bits per heavy atom. The predicted octanol–water partition coefficient (Wildman–Crippen LogP) is 5.37. The van der Waals surface area contributed by atoms with Crippen LogP contribution < -0.4 is 0 Å². The Morgan fingerprint density at radius 2 is 2.00 bits per heavy atom. The molecule has 158 valence electrons. The van der Waals surface area contributed by atoms with Crippen molar-refractivity contribution in [3.05, 3.63) is 87.8 Å². The average Bonchev–Trinajstić information content (AvgIpc) is 3.36. The predicted molar refractivity (Wildman–Crippen MR) is 124 cm³/mol. The van der Waals surface area contributed by atoms with Crippen molar-refractivity contribution in [2.45, 2.75) is 18.2 Å². The van der Waals surface area contributed by atoms with Crippen LogP contribution in [0.15, 0.2) is 75.5 Å². The molecule has 1 atom stereocenters. The molecule has 0 aliphatic carbocycles. The number of hydrogen-bond donors (Lipinski definition) is 1. The van der Waals surface area contributed by atoms with Gasteiger partial charge in [0, 0.05) is 15.6 Å². The fourth-order valence-corrected chi connectivity index (χ4v) is 4.57. The Kier molecular flexibility index (Phi) is 6.65. The highest BCUT2D eigenvalue weighted by Gasteiger charge is 2.39. The van der Waals surface area contributed by atoms with Crippen molar-refractivity contribution >= 4 is 52.3 Å². The lowest BCUT2D eigenvalue weighted by molar-refractivity contribution is -0.126. The van der Waals surface area contributed by atoms with Gasteiger partial charge < -0.3 is 9.52 Å². The molecule has 9 heteroatoms. The number of nitrogens with zero attached hydrogens (tertiary/aromatic N) is 3. The number of phenolic OH excluding ortho intramolecular Hbond substituents is 1. The van der Waals surface area contributed by atoms with Crippen LogP contribution in [0.4, 0.5) is 0 Å². The van der Waals surface area contributed by atoms with Crippen LogP contribution in [0.1, 0.15) is 16.9 Å². The number of aromatic hydroxyl groups is 1. The number of amidine groups is 1. The molecule has 0 radical (unpaired) electrons. The van der Waals surface area contributed by atoms with Crippen molar-refractivity contribution in [1.82, 2.24) is 4.90 Å². The molecule has 1 aliphatic rings. The second-order valence-corrected chi connectivity index (χ2v) is 8.75. The quantitative estimate of drug-likeness (QED) is 0.385. The summed E-state index contributed by atoms with van der Waals surface area (Å²) in [6.45, 7) is 0.240. The number of furan rings is 1. The van der Waals surface area contributed by atoms with Crippen LogP contribution >= 0.6 is 35.0 Å². The Labute approximate surface area is 193 Å². The summed E-state index contributed by atoms with van der Waals surface area (Å²) in [6, 6.07) is 15.5. The fourth-order valence-electron chi connectivity index (χ4n) is 3.06. The van der Waals surface area contributed by atoms with Gasteiger partial charge >= 0.3 is 0 Å². The van der Waals surface area contributed by atoms with Crippen molar-refractivity contribution in [1.29, 1.82) is 0 Å². The molecule has 1 unspecified atom stereocenters. The number of para-hydroxylation sites is 1. The van der Waals surface area contributed by atoms with Crippen LogP contribution in [0.3, 0.4) is 0 Å². The number of carbonyl (C=O) groups is 1. The molecule has 1 aromatic heterocycles. The summed E-state index contributed by atoms with van der Waals surface area (Å²) in [5.74, 6) is 0.615. The third-order valence-corrected chi connectivity index (χ3v) is 6.37. The Morgan fingerprint density at radius 3 is 2.77 bits per heavy atom. The van der Waals surface area contributed by atoms with E-state index in [9.17, 15) is 9.90 Å². The van der Waals surface area contributed by atoms with E-state index in [0.717, 1.165) is 5.56 Å². The molecule has 1 amide bonds. The highest BCUT2D eigenvalue weighted by molar-refractivity contribution is 8.15. The summed E-state index contributed by atoms with van der Waals surface area (Å²) in [7, 11) is 0. The van der Waals surface area contributed by atoms with Gasteiger partial charge in [0.1, 0.15) is 11.5 Å². The molecule has 31 heavy (non-hydrogen) atoms. The van der Waals surface area contributed by atoms with E-state index < -0.39 is 5.25 Å². The smallest absolute Gasteiger partial charge is 0.242 e. The van der Waals surface area contributed by atoms with E-state index in [0.29, 0.717) is 33.0 Å². The SMILES string of the molecule is O=C1C(Cc2cc(Cl)ccc2Cl)S/C(=N/N=C\c2ccccc2O)N1Cc1ccco1. The maximum Gasteiger partial charge on any atom is 0.242 e. The van der Waals surface area contributed by atoms with Crippen LogP contribution in [0.2, 0.25) is 10.0 Å². The van der Waals surface area contributed by atoms with Gasteiger partial charge in [-0.15, -0.1) is 5.10 Å². The maximum atomic E-state index is 13.1. The van der Waals surface area contributed by atoms with Gasteiger partial charge in [0.05, 0.1) is 24.3 Å². The Balaban J connectivity index is 1.59. The zero-order chi connectivity index (χ0) is 21.8. The van der Waals surface area contributed by atoms with Crippen molar-refractivity contribution in [3.8, 4) is 5.75 Å². The number of phenols is 1. The summed E-state index contributed by atoms with van der Waals surface area (Å²) >= 11 is 13.7. The lowest BCUT2D eigenvalue weighted by atomic mass is 10.1. The van der Waals surface area contributed by atoms with Gasteiger partial charge in [-0.1, -0.05) is 47.1 Å². The topological polar surface area (TPSA) is 78.4 Å². The molecular weight excluding hydrogens is 457 g/mol. The lowest BCUT2D eigenvalue weighted by Gasteiger charge is -2.14. The van der Waals surface area contributed by atoms with E-state index in [-0.39, 0.29) is 18.2 Å². The van der Waals surface area contributed by atoms with E-state index in [1.54, 1.807) is 60.9 Å². The standard InChI is InChI=1S/C22H17Cl2N3O3S/c23-16-7-8-18(24)15(10-16)11-20-21(29)27(13-17-5-3-9-30-17)22(31-20)26-25-12-14-4-1-2-6-19(14)28/h1-10,12,20,28H,11,13H2/b25-12-,26-22+. The maximum absolute atomic E-state index is 13.1. The molecule has 0 bridgehead atoms. The Bertz CT molecular complexity index is 1150. The number of hydrogen-bond acceptors (Lipinski definition) is 6. The van der Waals surface area contributed by atoms with Crippen LogP contribution in [0, 0.1) is 0 Å². The van der Waals surface area contributed by atoms with E-state index in [1.807, 2.05) is 0 Å². The summed E-state index contributed by atoms with van der Waals surface area (Å²) < 4.78 is 5.40. The first kappa shape index (κ1) is 21.5. The molecule has 1 saturated heterocycles. The lowest BCUT2D eigenvalue weighted by Crippen LogP contribution is -2.32. The third-order valence-electron chi connectivity index (χ3n) is 4.60. The van der Waals surface area contributed by atoms with Crippen LogP contribution in [0.5, 0.6) is 5.75 Å². The number of rotatable bonds is 6. The molecule has 1 N–H and O–H groups in total. The largest absolute Gasteiger partial charge is 0.507 e. The van der Waals surface area contributed by atoms with Gasteiger partial charge in [0.25, 0.3) is 0 Å². The summed E-state index contributed by atoms with van der Waals surface area (Å²) in [5.41, 5.74) is 1.32. The first-order valence-corrected chi connectivity index (χ1v) is 11.0. The second-order valence-electron chi connectivity index (χ2n) is 6.74. The molecule has 2 heterocycles. The first-order chi connectivity index (χ1) is 15.0. The van der Waals surface area contributed by atoms with E-state index in [2.05, 4.69) is 10.2 Å². The normalized spacial score (nSPS) is 17.9. The summed E-state index contributed by atoms with van der Waals surface area (Å²) in [4.78, 5) is 14.7. The zero-order valence-electron chi connectivity index (χ0n) is 16.1.